The first-order chi connectivity index (χ1) is 17.2. The van der Waals surface area contributed by atoms with Crippen molar-refractivity contribution in [3.63, 3.8) is 0 Å². The fourth-order valence-electron chi connectivity index (χ4n) is 5.02. The first-order valence-electron chi connectivity index (χ1n) is 12.2. The molecule has 0 aromatic heterocycles. The lowest BCUT2D eigenvalue weighted by Gasteiger charge is -2.48. The Morgan fingerprint density at radius 3 is 2.23 bits per heavy atom. The highest BCUT2D eigenvalue weighted by molar-refractivity contribution is 5.60. The molecule has 0 aliphatic carbocycles. The third-order valence-corrected chi connectivity index (χ3v) is 6.85. The molecule has 1 unspecified atom stereocenters. The third-order valence-electron chi connectivity index (χ3n) is 6.85. The first kappa shape index (κ1) is 22.8. The van der Waals surface area contributed by atoms with Gasteiger partial charge in [-0.25, -0.2) is 0 Å². The number of hydrogen-bond acceptors (Lipinski definition) is 3. The van der Waals surface area contributed by atoms with Crippen LogP contribution in [0.5, 0.6) is 11.5 Å². The Morgan fingerprint density at radius 2 is 1.51 bits per heavy atom. The lowest BCUT2D eigenvalue weighted by Crippen LogP contribution is -2.49. The van der Waals surface area contributed by atoms with Gasteiger partial charge in [0.1, 0.15) is 24.7 Å². The summed E-state index contributed by atoms with van der Waals surface area (Å²) >= 11 is 0. The molecule has 4 aromatic rings. The fraction of sp³-hybridized carbons (Fsp3) is 0.188. The lowest BCUT2D eigenvalue weighted by atomic mass is 9.76. The molecule has 0 amide bonds. The van der Waals surface area contributed by atoms with E-state index in [1.54, 1.807) is 6.08 Å². The van der Waals surface area contributed by atoms with Crippen molar-refractivity contribution in [2.75, 3.05) is 18.1 Å². The maximum Gasteiger partial charge on any atom is 0.120 e. The highest BCUT2D eigenvalue weighted by Crippen LogP contribution is 2.44. The van der Waals surface area contributed by atoms with Gasteiger partial charge in [0.15, 0.2) is 0 Å². The van der Waals surface area contributed by atoms with Gasteiger partial charge < -0.3 is 14.4 Å². The van der Waals surface area contributed by atoms with Crippen molar-refractivity contribution in [1.29, 1.82) is 0 Å². The van der Waals surface area contributed by atoms with E-state index in [1.165, 1.54) is 27.9 Å². The highest BCUT2D eigenvalue weighted by atomic mass is 16.5. The van der Waals surface area contributed by atoms with E-state index in [9.17, 15) is 0 Å². The van der Waals surface area contributed by atoms with Crippen LogP contribution in [0.25, 0.3) is 0 Å². The molecule has 35 heavy (non-hydrogen) atoms. The zero-order chi connectivity index (χ0) is 24.1. The van der Waals surface area contributed by atoms with Crippen molar-refractivity contribution >= 4 is 5.69 Å². The SMILES string of the molecule is C=CCOc1ccc(C2(C)c3ccc(OCc4ccccc4)cc3CCN2c2ccccc2)cc1. The standard InChI is InChI=1S/C32H31NO2/c1-3-22-34-29-16-14-27(15-17-29)32(2)31-19-18-30(35-24-25-10-6-4-7-11-25)23-26(31)20-21-33(32)28-12-8-5-9-13-28/h3-19,23H,1,20-22,24H2,2H3. The Balaban J connectivity index is 1.51. The molecule has 0 fully saturated rings. The van der Waals surface area contributed by atoms with Gasteiger partial charge in [0.05, 0.1) is 5.54 Å². The van der Waals surface area contributed by atoms with Crippen LogP contribution in [0.4, 0.5) is 5.69 Å². The molecule has 1 heterocycles. The normalized spacial score (nSPS) is 16.9. The second-order valence-electron chi connectivity index (χ2n) is 9.03. The van der Waals surface area contributed by atoms with Crippen LogP contribution in [-0.4, -0.2) is 13.2 Å². The molecular formula is C32H31NO2. The summed E-state index contributed by atoms with van der Waals surface area (Å²) in [6, 6.07) is 36.0. The predicted octanol–water partition coefficient (Wildman–Crippen LogP) is 7.16. The van der Waals surface area contributed by atoms with E-state index in [0.29, 0.717) is 13.2 Å². The molecule has 0 N–H and O–H groups in total. The molecule has 1 atom stereocenters. The van der Waals surface area contributed by atoms with Gasteiger partial charge in [0.2, 0.25) is 0 Å². The van der Waals surface area contributed by atoms with E-state index in [1.807, 2.05) is 18.2 Å². The second-order valence-corrected chi connectivity index (χ2v) is 9.03. The van der Waals surface area contributed by atoms with Gasteiger partial charge in [-0.3, -0.25) is 0 Å². The Kier molecular flexibility index (Phi) is 6.58. The van der Waals surface area contributed by atoms with Crippen molar-refractivity contribution in [1.82, 2.24) is 0 Å². The molecule has 0 bridgehead atoms. The zero-order valence-corrected chi connectivity index (χ0v) is 20.2. The summed E-state index contributed by atoms with van der Waals surface area (Å²) in [7, 11) is 0. The Hall–Kier alpha value is -3.98. The Morgan fingerprint density at radius 1 is 0.829 bits per heavy atom. The Bertz CT molecular complexity index is 1270. The number of ether oxygens (including phenoxy) is 2. The van der Waals surface area contributed by atoms with Crippen LogP contribution in [0.1, 0.15) is 29.2 Å². The van der Waals surface area contributed by atoms with Gasteiger partial charge >= 0.3 is 0 Å². The third kappa shape index (κ3) is 4.67. The summed E-state index contributed by atoms with van der Waals surface area (Å²) in [6.45, 7) is 8.05. The number of nitrogens with zero attached hydrogens (tertiary/aromatic N) is 1. The van der Waals surface area contributed by atoms with Gasteiger partial charge in [0, 0.05) is 12.2 Å². The van der Waals surface area contributed by atoms with Crippen LogP contribution in [0, 0.1) is 0 Å². The maximum absolute atomic E-state index is 6.16. The average molecular weight is 462 g/mol. The molecule has 4 aromatic carbocycles. The van der Waals surface area contributed by atoms with Crippen molar-refractivity contribution in [3.8, 4) is 11.5 Å². The monoisotopic (exact) mass is 461 g/mol. The number of anilines is 1. The molecule has 176 valence electrons. The maximum atomic E-state index is 6.16. The molecule has 5 rings (SSSR count). The predicted molar refractivity (Wildman–Crippen MR) is 143 cm³/mol. The molecule has 3 nitrogen and oxygen atoms in total. The lowest BCUT2D eigenvalue weighted by molar-refractivity contribution is 0.305. The fourth-order valence-corrected chi connectivity index (χ4v) is 5.02. The van der Waals surface area contributed by atoms with E-state index in [-0.39, 0.29) is 5.54 Å². The number of rotatable bonds is 8. The smallest absolute Gasteiger partial charge is 0.120 e. The minimum atomic E-state index is -0.330. The first-order valence-corrected chi connectivity index (χ1v) is 12.2. The average Bonchev–Trinajstić information content (AvgIpc) is 2.92. The number of benzene rings is 4. The molecule has 3 heteroatoms. The van der Waals surface area contributed by atoms with E-state index >= 15 is 0 Å². The molecule has 1 aliphatic rings. The van der Waals surface area contributed by atoms with Crippen molar-refractivity contribution < 1.29 is 9.47 Å². The molecule has 0 saturated carbocycles. The summed E-state index contributed by atoms with van der Waals surface area (Å²) < 4.78 is 11.9. The van der Waals surface area contributed by atoms with E-state index in [0.717, 1.165) is 24.5 Å². The number of hydrogen-bond donors (Lipinski definition) is 0. The molecule has 0 spiro atoms. The minimum Gasteiger partial charge on any atom is -0.490 e. The van der Waals surface area contributed by atoms with E-state index in [2.05, 4.69) is 103 Å². The quantitative estimate of drug-likeness (QED) is 0.260. The number of fused-ring (bicyclic) bond motifs is 1. The molecule has 0 saturated heterocycles. The summed E-state index contributed by atoms with van der Waals surface area (Å²) in [5, 5.41) is 0. The summed E-state index contributed by atoms with van der Waals surface area (Å²) in [4.78, 5) is 2.51. The van der Waals surface area contributed by atoms with Crippen molar-refractivity contribution in [2.45, 2.75) is 25.5 Å². The highest BCUT2D eigenvalue weighted by Gasteiger charge is 2.40. The van der Waals surface area contributed by atoms with Crippen LogP contribution in [0.15, 0.2) is 116 Å². The molecule has 0 radical (unpaired) electrons. The van der Waals surface area contributed by atoms with Gasteiger partial charge in [0.25, 0.3) is 0 Å². The number of para-hydroxylation sites is 1. The second kappa shape index (κ2) is 10.1. The summed E-state index contributed by atoms with van der Waals surface area (Å²) in [5.74, 6) is 1.76. The largest absolute Gasteiger partial charge is 0.490 e. The van der Waals surface area contributed by atoms with Crippen molar-refractivity contribution in [2.24, 2.45) is 0 Å². The minimum absolute atomic E-state index is 0.330. The van der Waals surface area contributed by atoms with E-state index < -0.39 is 0 Å². The van der Waals surface area contributed by atoms with Gasteiger partial charge in [-0.05, 0) is 72.0 Å². The van der Waals surface area contributed by atoms with Crippen LogP contribution >= 0.6 is 0 Å². The van der Waals surface area contributed by atoms with E-state index in [4.69, 9.17) is 9.47 Å². The zero-order valence-electron chi connectivity index (χ0n) is 20.2. The van der Waals surface area contributed by atoms with Crippen LogP contribution in [0.3, 0.4) is 0 Å². The Labute approximate surface area is 208 Å². The van der Waals surface area contributed by atoms with Gasteiger partial charge in [-0.2, -0.15) is 0 Å². The van der Waals surface area contributed by atoms with Crippen LogP contribution in [-0.2, 0) is 18.6 Å². The topological polar surface area (TPSA) is 21.7 Å². The molecular weight excluding hydrogens is 430 g/mol. The molecule has 1 aliphatic heterocycles. The van der Waals surface area contributed by atoms with Crippen LogP contribution < -0.4 is 14.4 Å². The van der Waals surface area contributed by atoms with Gasteiger partial charge in [-0.15, -0.1) is 0 Å². The summed E-state index contributed by atoms with van der Waals surface area (Å²) in [6.07, 6.45) is 2.73. The van der Waals surface area contributed by atoms with Gasteiger partial charge in [-0.1, -0.05) is 79.4 Å². The van der Waals surface area contributed by atoms with Crippen LogP contribution in [0.2, 0.25) is 0 Å². The summed E-state index contributed by atoms with van der Waals surface area (Å²) in [5.41, 5.74) is 5.92. The van der Waals surface area contributed by atoms with Crippen molar-refractivity contribution in [3.05, 3.63) is 138 Å².